The molecule has 2 rings (SSSR count). The summed E-state index contributed by atoms with van der Waals surface area (Å²) in [7, 11) is 0. The fraction of sp³-hybridized carbons (Fsp3) is 0.778. The molecule has 5 nitrogen and oxygen atoms in total. The van der Waals surface area contributed by atoms with Gasteiger partial charge in [-0.3, -0.25) is 0 Å². The first-order valence-electron chi connectivity index (χ1n) is 5.23. The molecule has 1 aromatic rings. The fourth-order valence-electron chi connectivity index (χ4n) is 1.80. The number of nitrogens with two attached hydrogens (primary N) is 1. The number of aryl methyl sites for hydroxylation is 1. The van der Waals surface area contributed by atoms with Crippen molar-refractivity contribution in [2.24, 2.45) is 5.73 Å². The van der Waals surface area contributed by atoms with Crippen molar-refractivity contribution in [3.05, 3.63) is 11.6 Å². The van der Waals surface area contributed by atoms with Gasteiger partial charge in [0.2, 0.25) is 0 Å². The van der Waals surface area contributed by atoms with E-state index in [4.69, 9.17) is 5.73 Å². The zero-order valence-electron chi connectivity index (χ0n) is 8.37. The first-order valence-corrected chi connectivity index (χ1v) is 5.23. The molecule has 1 aliphatic rings. The largest absolute Gasteiger partial charge is 0.329 e. The molecule has 2 heterocycles. The SMILES string of the molecule is NCCNCc1nnc2n1CCCC2. The standard InChI is InChI=1S/C9H17N5/c10-4-5-11-7-9-13-12-8-3-1-2-6-14(8)9/h11H,1-7,10H2. The average molecular weight is 195 g/mol. The molecule has 0 bridgehead atoms. The van der Waals surface area contributed by atoms with E-state index in [-0.39, 0.29) is 0 Å². The summed E-state index contributed by atoms with van der Waals surface area (Å²) in [5.41, 5.74) is 5.40. The predicted octanol–water partition coefficient (Wildman–Crippen LogP) is -0.337. The van der Waals surface area contributed by atoms with Crippen LogP contribution in [0.15, 0.2) is 0 Å². The van der Waals surface area contributed by atoms with Gasteiger partial charge < -0.3 is 15.6 Å². The molecule has 3 N–H and O–H groups in total. The number of fused-ring (bicyclic) bond motifs is 1. The van der Waals surface area contributed by atoms with E-state index in [9.17, 15) is 0 Å². The number of nitrogens with one attached hydrogen (secondary N) is 1. The predicted molar refractivity (Wildman–Crippen MR) is 53.7 cm³/mol. The number of aromatic nitrogens is 3. The molecule has 0 unspecified atom stereocenters. The van der Waals surface area contributed by atoms with Gasteiger partial charge in [0.25, 0.3) is 0 Å². The van der Waals surface area contributed by atoms with Crippen LogP contribution < -0.4 is 11.1 Å². The summed E-state index contributed by atoms with van der Waals surface area (Å²) in [5.74, 6) is 2.19. The molecule has 0 saturated carbocycles. The smallest absolute Gasteiger partial charge is 0.147 e. The Morgan fingerprint density at radius 3 is 3.14 bits per heavy atom. The maximum absolute atomic E-state index is 5.40. The van der Waals surface area contributed by atoms with E-state index < -0.39 is 0 Å². The van der Waals surface area contributed by atoms with Gasteiger partial charge in [0.1, 0.15) is 11.6 Å². The van der Waals surface area contributed by atoms with Crippen LogP contribution in [0.1, 0.15) is 24.5 Å². The minimum Gasteiger partial charge on any atom is -0.329 e. The van der Waals surface area contributed by atoms with Crippen molar-refractivity contribution < 1.29 is 0 Å². The summed E-state index contributed by atoms with van der Waals surface area (Å²) in [6.07, 6.45) is 3.56. The van der Waals surface area contributed by atoms with Gasteiger partial charge >= 0.3 is 0 Å². The van der Waals surface area contributed by atoms with Crippen LogP contribution >= 0.6 is 0 Å². The number of nitrogens with zero attached hydrogens (tertiary/aromatic N) is 3. The second kappa shape index (κ2) is 4.52. The fourth-order valence-corrected chi connectivity index (χ4v) is 1.80. The molecular formula is C9H17N5. The highest BCUT2D eigenvalue weighted by atomic mass is 15.3. The summed E-state index contributed by atoms with van der Waals surface area (Å²) in [6, 6.07) is 0. The van der Waals surface area contributed by atoms with Gasteiger partial charge in [0.05, 0.1) is 6.54 Å². The molecule has 0 saturated heterocycles. The highest BCUT2D eigenvalue weighted by Crippen LogP contribution is 2.13. The monoisotopic (exact) mass is 195 g/mol. The minimum absolute atomic E-state index is 0.668. The van der Waals surface area contributed by atoms with Crippen LogP contribution in [-0.4, -0.2) is 27.9 Å². The van der Waals surface area contributed by atoms with Crippen molar-refractivity contribution in [2.45, 2.75) is 32.4 Å². The van der Waals surface area contributed by atoms with Crippen LogP contribution in [0.3, 0.4) is 0 Å². The summed E-state index contributed by atoms with van der Waals surface area (Å²) in [6.45, 7) is 3.36. The van der Waals surface area contributed by atoms with Crippen molar-refractivity contribution in [1.29, 1.82) is 0 Å². The van der Waals surface area contributed by atoms with E-state index in [0.717, 1.165) is 37.7 Å². The van der Waals surface area contributed by atoms with Crippen molar-refractivity contribution in [2.75, 3.05) is 13.1 Å². The van der Waals surface area contributed by atoms with Crippen LogP contribution in [0.2, 0.25) is 0 Å². The Morgan fingerprint density at radius 2 is 2.29 bits per heavy atom. The normalized spacial score (nSPS) is 15.5. The molecule has 78 valence electrons. The summed E-state index contributed by atoms with van der Waals surface area (Å²) in [5, 5.41) is 11.6. The Labute approximate surface area is 83.7 Å². The van der Waals surface area contributed by atoms with Crippen LogP contribution in [-0.2, 0) is 19.5 Å². The number of hydrogen-bond acceptors (Lipinski definition) is 4. The van der Waals surface area contributed by atoms with Crippen molar-refractivity contribution in [3.8, 4) is 0 Å². The van der Waals surface area contributed by atoms with Gasteiger partial charge in [-0.15, -0.1) is 10.2 Å². The lowest BCUT2D eigenvalue weighted by atomic mass is 10.2. The summed E-state index contributed by atoms with van der Waals surface area (Å²) in [4.78, 5) is 0. The second-order valence-electron chi connectivity index (χ2n) is 3.61. The maximum Gasteiger partial charge on any atom is 0.147 e. The van der Waals surface area contributed by atoms with Gasteiger partial charge in [-0.2, -0.15) is 0 Å². The molecule has 0 spiro atoms. The van der Waals surface area contributed by atoms with E-state index in [2.05, 4.69) is 20.1 Å². The number of hydrogen-bond donors (Lipinski definition) is 2. The van der Waals surface area contributed by atoms with Crippen LogP contribution in [0.25, 0.3) is 0 Å². The summed E-state index contributed by atoms with van der Waals surface area (Å²) >= 11 is 0. The zero-order valence-corrected chi connectivity index (χ0v) is 8.37. The first-order chi connectivity index (χ1) is 6.92. The number of rotatable bonds is 4. The van der Waals surface area contributed by atoms with Gasteiger partial charge in [-0.25, -0.2) is 0 Å². The Morgan fingerprint density at radius 1 is 1.36 bits per heavy atom. The Hall–Kier alpha value is -0.940. The minimum atomic E-state index is 0.668. The van der Waals surface area contributed by atoms with E-state index in [0.29, 0.717) is 6.54 Å². The topological polar surface area (TPSA) is 68.8 Å². The quantitative estimate of drug-likeness (QED) is 0.645. The van der Waals surface area contributed by atoms with Gasteiger partial charge in [0.15, 0.2) is 0 Å². The highest BCUT2D eigenvalue weighted by Gasteiger charge is 2.14. The molecule has 5 heteroatoms. The molecule has 0 aromatic carbocycles. The second-order valence-corrected chi connectivity index (χ2v) is 3.61. The molecule has 0 aliphatic carbocycles. The van der Waals surface area contributed by atoms with Crippen molar-refractivity contribution in [3.63, 3.8) is 0 Å². The van der Waals surface area contributed by atoms with Crippen LogP contribution in [0.4, 0.5) is 0 Å². The lowest BCUT2D eigenvalue weighted by Gasteiger charge is -2.14. The molecule has 0 amide bonds. The molecule has 0 atom stereocenters. The first kappa shape index (κ1) is 9.61. The Kier molecular flexibility index (Phi) is 3.10. The van der Waals surface area contributed by atoms with Gasteiger partial charge in [-0.1, -0.05) is 0 Å². The van der Waals surface area contributed by atoms with E-state index in [1.54, 1.807) is 0 Å². The van der Waals surface area contributed by atoms with Gasteiger partial charge in [-0.05, 0) is 12.8 Å². The van der Waals surface area contributed by atoms with E-state index in [1.807, 2.05) is 0 Å². The Balaban J connectivity index is 1.99. The molecule has 1 aromatic heterocycles. The van der Waals surface area contributed by atoms with Gasteiger partial charge in [0, 0.05) is 26.1 Å². The van der Waals surface area contributed by atoms with Crippen molar-refractivity contribution in [1.82, 2.24) is 20.1 Å². The maximum atomic E-state index is 5.40. The van der Waals surface area contributed by atoms with E-state index in [1.165, 1.54) is 12.8 Å². The summed E-state index contributed by atoms with van der Waals surface area (Å²) < 4.78 is 2.23. The van der Waals surface area contributed by atoms with Crippen molar-refractivity contribution >= 4 is 0 Å². The Bertz CT molecular complexity index is 293. The zero-order chi connectivity index (χ0) is 9.80. The molecule has 1 aliphatic heterocycles. The van der Waals surface area contributed by atoms with E-state index >= 15 is 0 Å². The average Bonchev–Trinajstić information content (AvgIpc) is 2.63. The third-order valence-electron chi connectivity index (χ3n) is 2.54. The lowest BCUT2D eigenvalue weighted by molar-refractivity contribution is 0.498. The molecular weight excluding hydrogens is 178 g/mol. The lowest BCUT2D eigenvalue weighted by Crippen LogP contribution is -2.24. The highest BCUT2D eigenvalue weighted by molar-refractivity contribution is 4.98. The third kappa shape index (κ3) is 1.93. The molecule has 0 fully saturated rings. The molecule has 14 heavy (non-hydrogen) atoms. The van der Waals surface area contributed by atoms with Crippen LogP contribution in [0, 0.1) is 0 Å². The van der Waals surface area contributed by atoms with Crippen LogP contribution in [0.5, 0.6) is 0 Å². The third-order valence-corrected chi connectivity index (χ3v) is 2.54. The molecule has 0 radical (unpaired) electrons.